The maximum absolute atomic E-state index is 11.3. The molecule has 3 nitrogen and oxygen atoms in total. The van der Waals surface area contributed by atoms with E-state index in [9.17, 15) is 8.42 Å². The van der Waals surface area contributed by atoms with Crippen LogP contribution in [0.15, 0.2) is 29.2 Å². The molecule has 0 N–H and O–H groups in total. The van der Waals surface area contributed by atoms with E-state index < -0.39 is 9.05 Å². The van der Waals surface area contributed by atoms with E-state index in [1.807, 2.05) is 6.07 Å². The molecule has 1 fully saturated rings. The van der Waals surface area contributed by atoms with Gasteiger partial charge in [0.2, 0.25) is 0 Å². The normalized spacial score (nSPS) is 24.3. The first-order chi connectivity index (χ1) is 8.95. The minimum absolute atomic E-state index is 0.132. The maximum Gasteiger partial charge on any atom is 0.261 e. The van der Waals surface area contributed by atoms with E-state index in [1.54, 1.807) is 12.1 Å². The summed E-state index contributed by atoms with van der Waals surface area (Å²) < 4.78 is 28.4. The van der Waals surface area contributed by atoms with Gasteiger partial charge in [0.25, 0.3) is 9.05 Å². The average molecular weight is 303 g/mol. The Balaban J connectivity index is 1.96. The van der Waals surface area contributed by atoms with Gasteiger partial charge in [0.15, 0.2) is 0 Å². The third-order valence-electron chi connectivity index (χ3n) is 3.55. The first-order valence-corrected chi connectivity index (χ1v) is 8.91. The molecule has 1 aliphatic rings. The third kappa shape index (κ3) is 4.48. The fourth-order valence-corrected chi connectivity index (χ4v) is 3.35. The summed E-state index contributed by atoms with van der Waals surface area (Å²) in [6.45, 7) is 2.69. The Labute approximate surface area is 119 Å². The third-order valence-corrected chi connectivity index (χ3v) is 4.91. The van der Waals surface area contributed by atoms with Gasteiger partial charge in [-0.2, -0.15) is 0 Å². The zero-order valence-corrected chi connectivity index (χ0v) is 12.6. The van der Waals surface area contributed by atoms with Crippen LogP contribution in [0.25, 0.3) is 0 Å². The zero-order valence-electron chi connectivity index (χ0n) is 11.0. The fraction of sp³-hybridized carbons (Fsp3) is 0.571. The van der Waals surface area contributed by atoms with E-state index in [4.69, 9.17) is 15.4 Å². The molecule has 2 rings (SSSR count). The van der Waals surface area contributed by atoms with Gasteiger partial charge in [0.05, 0.1) is 17.6 Å². The predicted octanol–water partition coefficient (Wildman–Crippen LogP) is 3.71. The summed E-state index contributed by atoms with van der Waals surface area (Å²) in [5.41, 5.74) is 0.847. The van der Waals surface area contributed by atoms with Crippen molar-refractivity contribution in [2.45, 2.75) is 50.2 Å². The van der Waals surface area contributed by atoms with Crippen molar-refractivity contribution in [3.63, 3.8) is 0 Å². The molecule has 0 heterocycles. The first kappa shape index (κ1) is 14.8. The van der Waals surface area contributed by atoms with Crippen LogP contribution < -0.4 is 0 Å². The fourth-order valence-electron chi connectivity index (χ4n) is 2.53. The molecule has 106 valence electrons. The number of hydrogen-bond acceptors (Lipinski definition) is 3. The van der Waals surface area contributed by atoms with E-state index >= 15 is 0 Å². The first-order valence-electron chi connectivity index (χ1n) is 6.60. The Morgan fingerprint density at radius 1 is 1.37 bits per heavy atom. The molecule has 5 heteroatoms. The molecular formula is C14H19ClO3S. The summed E-state index contributed by atoms with van der Waals surface area (Å²) in [7, 11) is 1.67. The largest absolute Gasteiger partial charge is 0.374 e. The lowest BCUT2D eigenvalue weighted by molar-refractivity contribution is 0.00460. The highest BCUT2D eigenvalue weighted by Crippen LogP contribution is 2.26. The van der Waals surface area contributed by atoms with Crippen LogP contribution in [0.5, 0.6) is 0 Å². The lowest BCUT2D eigenvalue weighted by Gasteiger charge is -2.26. The molecule has 1 saturated carbocycles. The summed E-state index contributed by atoms with van der Waals surface area (Å²) in [6, 6.07) is 6.62. The lowest BCUT2D eigenvalue weighted by atomic mass is 9.89. The van der Waals surface area contributed by atoms with Crippen LogP contribution in [0.4, 0.5) is 0 Å². The standard InChI is InChI=1S/C14H19ClO3S/c1-11-4-2-6-13(8-11)18-10-12-5-3-7-14(9-12)19(15,16)17/h3,5,7,9,11,13H,2,4,6,8,10H2,1H3. The number of benzene rings is 1. The Hall–Kier alpha value is -0.580. The number of hydrogen-bond donors (Lipinski definition) is 0. The lowest BCUT2D eigenvalue weighted by Crippen LogP contribution is -2.21. The van der Waals surface area contributed by atoms with Crippen LogP contribution in [0.2, 0.25) is 0 Å². The van der Waals surface area contributed by atoms with E-state index in [-0.39, 0.29) is 4.90 Å². The van der Waals surface area contributed by atoms with Gasteiger partial charge in [-0.15, -0.1) is 0 Å². The molecule has 1 aliphatic carbocycles. The summed E-state index contributed by atoms with van der Waals surface area (Å²) in [6.07, 6.45) is 4.97. The van der Waals surface area contributed by atoms with Gasteiger partial charge in [0.1, 0.15) is 0 Å². The molecule has 2 atom stereocenters. The molecule has 0 aliphatic heterocycles. The van der Waals surface area contributed by atoms with Crippen LogP contribution in [0.3, 0.4) is 0 Å². The minimum atomic E-state index is -3.66. The van der Waals surface area contributed by atoms with Crippen molar-refractivity contribution in [1.82, 2.24) is 0 Å². The van der Waals surface area contributed by atoms with Crippen molar-refractivity contribution in [1.29, 1.82) is 0 Å². The zero-order chi connectivity index (χ0) is 13.9. The van der Waals surface area contributed by atoms with Crippen LogP contribution >= 0.6 is 10.7 Å². The Kier molecular flexibility index (Phi) is 4.87. The van der Waals surface area contributed by atoms with Crippen molar-refractivity contribution >= 4 is 19.7 Å². The van der Waals surface area contributed by atoms with Crippen molar-refractivity contribution in [3.8, 4) is 0 Å². The van der Waals surface area contributed by atoms with E-state index in [0.29, 0.717) is 18.6 Å². The van der Waals surface area contributed by atoms with Crippen molar-refractivity contribution in [3.05, 3.63) is 29.8 Å². The van der Waals surface area contributed by atoms with Gasteiger partial charge in [0, 0.05) is 10.7 Å². The quantitative estimate of drug-likeness (QED) is 0.796. The molecule has 0 saturated heterocycles. The van der Waals surface area contributed by atoms with Crippen LogP contribution in [-0.2, 0) is 20.4 Å². The minimum Gasteiger partial charge on any atom is -0.374 e. The van der Waals surface area contributed by atoms with Gasteiger partial charge in [-0.3, -0.25) is 0 Å². The molecular weight excluding hydrogens is 284 g/mol. The predicted molar refractivity (Wildman–Crippen MR) is 75.7 cm³/mol. The second-order valence-corrected chi connectivity index (χ2v) is 7.86. The van der Waals surface area contributed by atoms with Gasteiger partial charge >= 0.3 is 0 Å². The number of ether oxygens (including phenoxy) is 1. The van der Waals surface area contributed by atoms with E-state index in [2.05, 4.69) is 6.92 Å². The summed E-state index contributed by atoms with van der Waals surface area (Å²) in [4.78, 5) is 0.132. The van der Waals surface area contributed by atoms with Crippen LogP contribution in [0.1, 0.15) is 38.2 Å². The summed E-state index contributed by atoms with van der Waals surface area (Å²) >= 11 is 0. The maximum atomic E-state index is 11.3. The molecule has 0 radical (unpaired) electrons. The number of rotatable bonds is 4. The van der Waals surface area contributed by atoms with Gasteiger partial charge in [-0.25, -0.2) is 8.42 Å². The molecule has 0 amide bonds. The molecule has 0 bridgehead atoms. The average Bonchev–Trinajstić information content (AvgIpc) is 2.36. The summed E-state index contributed by atoms with van der Waals surface area (Å²) in [5, 5.41) is 0. The molecule has 1 aromatic carbocycles. The van der Waals surface area contributed by atoms with Crippen molar-refractivity contribution < 1.29 is 13.2 Å². The highest BCUT2D eigenvalue weighted by molar-refractivity contribution is 8.13. The van der Waals surface area contributed by atoms with Gasteiger partial charge in [-0.05, 0) is 36.5 Å². The highest BCUT2D eigenvalue weighted by Gasteiger charge is 2.19. The smallest absolute Gasteiger partial charge is 0.261 e. The van der Waals surface area contributed by atoms with Crippen LogP contribution in [0, 0.1) is 5.92 Å². The molecule has 1 aromatic rings. The van der Waals surface area contributed by atoms with Gasteiger partial charge < -0.3 is 4.74 Å². The Bertz CT molecular complexity index is 527. The molecule has 19 heavy (non-hydrogen) atoms. The molecule has 0 aromatic heterocycles. The molecule has 2 unspecified atom stereocenters. The van der Waals surface area contributed by atoms with Crippen molar-refractivity contribution in [2.24, 2.45) is 5.92 Å². The highest BCUT2D eigenvalue weighted by atomic mass is 35.7. The van der Waals surface area contributed by atoms with Crippen LogP contribution in [-0.4, -0.2) is 14.5 Å². The molecule has 0 spiro atoms. The number of halogens is 1. The van der Waals surface area contributed by atoms with E-state index in [0.717, 1.165) is 18.4 Å². The monoisotopic (exact) mass is 302 g/mol. The van der Waals surface area contributed by atoms with Gasteiger partial charge in [-0.1, -0.05) is 31.9 Å². The topological polar surface area (TPSA) is 43.4 Å². The Morgan fingerprint density at radius 3 is 2.84 bits per heavy atom. The Morgan fingerprint density at radius 2 is 2.16 bits per heavy atom. The second kappa shape index (κ2) is 6.25. The van der Waals surface area contributed by atoms with Crippen molar-refractivity contribution in [2.75, 3.05) is 0 Å². The SMILES string of the molecule is CC1CCCC(OCc2cccc(S(=O)(=O)Cl)c2)C1. The summed E-state index contributed by atoms with van der Waals surface area (Å²) in [5.74, 6) is 0.716. The van der Waals surface area contributed by atoms with E-state index in [1.165, 1.54) is 18.9 Å². The second-order valence-electron chi connectivity index (χ2n) is 5.29.